The largest absolute Gasteiger partial charge is 0.316 e. The lowest BCUT2D eigenvalue weighted by atomic mass is 10.3. The molecule has 0 bridgehead atoms. The third-order valence-electron chi connectivity index (χ3n) is 2.12. The summed E-state index contributed by atoms with van der Waals surface area (Å²) in [7, 11) is 0. The second kappa shape index (κ2) is 5.88. The number of unbranched alkanes of at least 4 members (excludes halogenated alkanes) is 1. The van der Waals surface area contributed by atoms with Gasteiger partial charge in [0.05, 0.1) is 0 Å². The Balaban J connectivity index is 2.44. The molecule has 0 saturated heterocycles. The van der Waals surface area contributed by atoms with Crippen molar-refractivity contribution in [2.75, 3.05) is 6.54 Å². The summed E-state index contributed by atoms with van der Waals surface area (Å²) in [6.07, 6.45) is 3.46. The molecule has 15 heavy (non-hydrogen) atoms. The zero-order valence-electron chi connectivity index (χ0n) is 8.76. The van der Waals surface area contributed by atoms with E-state index in [4.69, 9.17) is 5.53 Å². The summed E-state index contributed by atoms with van der Waals surface area (Å²) < 4.78 is 1.67. The van der Waals surface area contributed by atoms with Crippen molar-refractivity contribution in [3.05, 3.63) is 44.7 Å². The first-order chi connectivity index (χ1) is 7.24. The molecular weight excluding hydrogens is 192 g/mol. The first-order valence-corrected chi connectivity index (χ1v) is 4.92. The molecule has 1 aromatic rings. The van der Waals surface area contributed by atoms with Crippen molar-refractivity contribution < 1.29 is 0 Å². The Kier molecular flexibility index (Phi) is 4.44. The van der Waals surface area contributed by atoms with E-state index in [0.29, 0.717) is 13.1 Å². The summed E-state index contributed by atoms with van der Waals surface area (Å²) >= 11 is 0. The molecule has 1 rings (SSSR count). The second-order valence-electron chi connectivity index (χ2n) is 3.40. The Morgan fingerprint density at radius 2 is 2.33 bits per heavy atom. The highest BCUT2D eigenvalue weighted by atomic mass is 16.1. The zero-order chi connectivity index (χ0) is 11.1. The third kappa shape index (κ3) is 3.87. The average molecular weight is 206 g/mol. The maximum Gasteiger partial charge on any atom is 0.250 e. The van der Waals surface area contributed by atoms with Gasteiger partial charge in [-0.05, 0) is 36.9 Å². The van der Waals surface area contributed by atoms with Gasteiger partial charge in [0.2, 0.25) is 0 Å². The number of azide groups is 1. The van der Waals surface area contributed by atoms with E-state index in [2.05, 4.69) is 10.0 Å². The SMILES string of the molecule is Cc1ccn(CCCCN=[N+]=[N-])c(=O)c1. The monoisotopic (exact) mass is 206 g/mol. The normalized spacial score (nSPS) is 9.67. The molecule has 0 fully saturated rings. The lowest BCUT2D eigenvalue weighted by molar-refractivity contribution is 0.597. The Labute approximate surface area is 88.0 Å². The van der Waals surface area contributed by atoms with Gasteiger partial charge in [0.1, 0.15) is 0 Å². The third-order valence-corrected chi connectivity index (χ3v) is 2.12. The number of aromatic nitrogens is 1. The molecule has 1 aromatic heterocycles. The fourth-order valence-corrected chi connectivity index (χ4v) is 1.30. The number of rotatable bonds is 5. The molecular formula is C10H14N4O. The van der Waals surface area contributed by atoms with Crippen LogP contribution in [0.1, 0.15) is 18.4 Å². The van der Waals surface area contributed by atoms with Crippen molar-refractivity contribution in [2.24, 2.45) is 5.11 Å². The molecule has 80 valence electrons. The molecule has 0 aliphatic rings. The minimum absolute atomic E-state index is 0.0267. The van der Waals surface area contributed by atoms with Crippen LogP contribution >= 0.6 is 0 Å². The van der Waals surface area contributed by atoms with Gasteiger partial charge in [-0.15, -0.1) is 0 Å². The Morgan fingerprint density at radius 1 is 1.53 bits per heavy atom. The predicted octanol–water partition coefficient (Wildman–Crippen LogP) is 2.25. The minimum Gasteiger partial charge on any atom is -0.316 e. The lowest BCUT2D eigenvalue weighted by Crippen LogP contribution is -2.18. The van der Waals surface area contributed by atoms with E-state index in [-0.39, 0.29) is 5.56 Å². The van der Waals surface area contributed by atoms with Crippen molar-refractivity contribution >= 4 is 0 Å². The number of nitrogens with zero attached hydrogens (tertiary/aromatic N) is 4. The number of hydrogen-bond acceptors (Lipinski definition) is 2. The minimum atomic E-state index is 0.0267. The van der Waals surface area contributed by atoms with Crippen LogP contribution in [0.15, 0.2) is 28.2 Å². The molecule has 0 aliphatic heterocycles. The van der Waals surface area contributed by atoms with Crippen LogP contribution in [-0.4, -0.2) is 11.1 Å². The molecule has 5 heteroatoms. The molecule has 0 aliphatic carbocycles. The van der Waals surface area contributed by atoms with E-state index < -0.39 is 0 Å². The zero-order valence-corrected chi connectivity index (χ0v) is 8.76. The molecule has 0 radical (unpaired) electrons. The van der Waals surface area contributed by atoms with Crippen LogP contribution in [0, 0.1) is 6.92 Å². The molecule has 0 aromatic carbocycles. The highest BCUT2D eigenvalue weighted by Gasteiger charge is 1.95. The highest BCUT2D eigenvalue weighted by Crippen LogP contribution is 1.96. The average Bonchev–Trinajstić information content (AvgIpc) is 2.20. The Morgan fingerprint density at radius 3 is 3.00 bits per heavy atom. The van der Waals surface area contributed by atoms with Gasteiger partial charge in [-0.3, -0.25) is 4.79 Å². The molecule has 0 unspecified atom stereocenters. The van der Waals surface area contributed by atoms with E-state index in [0.717, 1.165) is 18.4 Å². The first kappa shape index (κ1) is 11.3. The van der Waals surface area contributed by atoms with Gasteiger partial charge in [-0.2, -0.15) is 0 Å². The number of aryl methyl sites for hydroxylation is 2. The molecule has 5 nitrogen and oxygen atoms in total. The van der Waals surface area contributed by atoms with Gasteiger partial charge >= 0.3 is 0 Å². The standard InChI is InChI=1S/C10H14N4O/c1-9-4-7-14(10(15)8-9)6-3-2-5-12-13-11/h4,7-8H,2-3,5-6H2,1H3. The summed E-state index contributed by atoms with van der Waals surface area (Å²) in [6.45, 7) is 3.07. The van der Waals surface area contributed by atoms with Crippen LogP contribution in [-0.2, 0) is 6.54 Å². The maximum atomic E-state index is 11.4. The van der Waals surface area contributed by atoms with E-state index in [1.165, 1.54) is 0 Å². The van der Waals surface area contributed by atoms with Gasteiger partial charge in [-0.1, -0.05) is 5.11 Å². The van der Waals surface area contributed by atoms with Crippen molar-refractivity contribution in [3.8, 4) is 0 Å². The molecule has 0 amide bonds. The second-order valence-corrected chi connectivity index (χ2v) is 3.40. The van der Waals surface area contributed by atoms with Gasteiger partial charge in [0.25, 0.3) is 5.56 Å². The van der Waals surface area contributed by atoms with E-state index in [1.54, 1.807) is 16.8 Å². The maximum absolute atomic E-state index is 11.4. The van der Waals surface area contributed by atoms with Gasteiger partial charge in [-0.25, -0.2) is 0 Å². The van der Waals surface area contributed by atoms with Crippen LogP contribution in [0.25, 0.3) is 10.4 Å². The van der Waals surface area contributed by atoms with Crippen molar-refractivity contribution in [1.29, 1.82) is 0 Å². The van der Waals surface area contributed by atoms with Crippen LogP contribution in [0.2, 0.25) is 0 Å². The number of pyridine rings is 1. The summed E-state index contributed by atoms with van der Waals surface area (Å²) in [4.78, 5) is 14.1. The topological polar surface area (TPSA) is 70.8 Å². The molecule has 0 N–H and O–H groups in total. The first-order valence-electron chi connectivity index (χ1n) is 4.92. The fourth-order valence-electron chi connectivity index (χ4n) is 1.30. The van der Waals surface area contributed by atoms with Gasteiger partial charge < -0.3 is 4.57 Å². The molecule has 1 heterocycles. The van der Waals surface area contributed by atoms with Crippen molar-refractivity contribution in [3.63, 3.8) is 0 Å². The predicted molar refractivity (Wildman–Crippen MR) is 58.7 cm³/mol. The quantitative estimate of drug-likeness (QED) is 0.315. The van der Waals surface area contributed by atoms with Crippen LogP contribution in [0.4, 0.5) is 0 Å². The highest BCUT2D eigenvalue weighted by molar-refractivity contribution is 5.07. The molecule has 0 spiro atoms. The summed E-state index contributed by atoms with van der Waals surface area (Å²) in [5, 5.41) is 3.43. The smallest absolute Gasteiger partial charge is 0.250 e. The van der Waals surface area contributed by atoms with E-state index in [1.807, 2.05) is 13.0 Å². The van der Waals surface area contributed by atoms with Crippen LogP contribution < -0.4 is 5.56 Å². The van der Waals surface area contributed by atoms with E-state index in [9.17, 15) is 4.79 Å². The summed E-state index contributed by atoms with van der Waals surface area (Å²) in [5.41, 5.74) is 9.06. The van der Waals surface area contributed by atoms with Crippen molar-refractivity contribution in [2.45, 2.75) is 26.3 Å². The van der Waals surface area contributed by atoms with Gasteiger partial charge in [0.15, 0.2) is 0 Å². The van der Waals surface area contributed by atoms with Crippen LogP contribution in [0.5, 0.6) is 0 Å². The molecule has 0 atom stereocenters. The Hall–Kier alpha value is -1.74. The Bertz CT molecular complexity index is 418. The molecule has 0 saturated carbocycles. The lowest BCUT2D eigenvalue weighted by Gasteiger charge is -2.04. The van der Waals surface area contributed by atoms with Crippen molar-refractivity contribution in [1.82, 2.24) is 4.57 Å². The summed E-state index contributed by atoms with van der Waals surface area (Å²) in [5.74, 6) is 0. The van der Waals surface area contributed by atoms with Crippen LogP contribution in [0.3, 0.4) is 0 Å². The summed E-state index contributed by atoms with van der Waals surface area (Å²) in [6, 6.07) is 3.53. The number of hydrogen-bond donors (Lipinski definition) is 0. The van der Waals surface area contributed by atoms with Gasteiger partial charge in [0, 0.05) is 30.3 Å². The van der Waals surface area contributed by atoms with E-state index >= 15 is 0 Å². The fraction of sp³-hybridized carbons (Fsp3) is 0.500.